The van der Waals surface area contributed by atoms with Crippen LogP contribution in [0, 0.1) is 23.7 Å². The standard InChI is InChI=1S/C9H16/c1-6-7(2)9-4-3-8(6)5-9/h6-9H,3-5H2,1-2H3/t6-,7+,8-,9?/m0/s1. The largest absolute Gasteiger partial charge is 0.0620 e. The van der Waals surface area contributed by atoms with Crippen LogP contribution in [-0.4, -0.2) is 0 Å². The lowest BCUT2D eigenvalue weighted by molar-refractivity contribution is 0.259. The van der Waals surface area contributed by atoms with Crippen LogP contribution in [0.3, 0.4) is 0 Å². The molecule has 2 aliphatic carbocycles. The molecule has 2 saturated carbocycles. The minimum Gasteiger partial charge on any atom is -0.0620 e. The maximum atomic E-state index is 2.44. The first kappa shape index (κ1) is 5.76. The summed E-state index contributed by atoms with van der Waals surface area (Å²) in [4.78, 5) is 0. The minimum atomic E-state index is 1.05. The predicted octanol–water partition coefficient (Wildman–Crippen LogP) is 2.69. The van der Waals surface area contributed by atoms with Crippen molar-refractivity contribution in [1.29, 1.82) is 0 Å². The molecule has 0 radical (unpaired) electrons. The first-order valence-corrected chi connectivity index (χ1v) is 4.29. The first-order valence-electron chi connectivity index (χ1n) is 4.29. The minimum absolute atomic E-state index is 1.05. The van der Waals surface area contributed by atoms with Crippen LogP contribution in [0.5, 0.6) is 0 Å². The van der Waals surface area contributed by atoms with E-state index in [2.05, 4.69) is 13.8 Å². The maximum Gasteiger partial charge on any atom is -0.0383 e. The third-order valence-corrected chi connectivity index (χ3v) is 3.83. The maximum absolute atomic E-state index is 2.44. The zero-order chi connectivity index (χ0) is 6.43. The van der Waals surface area contributed by atoms with Gasteiger partial charge in [-0.3, -0.25) is 0 Å². The predicted molar refractivity (Wildman–Crippen MR) is 39.2 cm³/mol. The van der Waals surface area contributed by atoms with E-state index in [1.165, 1.54) is 12.8 Å². The van der Waals surface area contributed by atoms with Crippen LogP contribution in [0.2, 0.25) is 0 Å². The van der Waals surface area contributed by atoms with Gasteiger partial charge in [0, 0.05) is 0 Å². The smallest absolute Gasteiger partial charge is 0.0383 e. The SMILES string of the molecule is C[C@@H]1[C@H]2CCC(C2)[C@@H]1C. The van der Waals surface area contributed by atoms with Crippen molar-refractivity contribution >= 4 is 0 Å². The summed E-state index contributed by atoms with van der Waals surface area (Å²) in [7, 11) is 0. The second kappa shape index (κ2) is 1.74. The monoisotopic (exact) mass is 124 g/mol. The van der Waals surface area contributed by atoms with Crippen molar-refractivity contribution in [3.05, 3.63) is 0 Å². The van der Waals surface area contributed by atoms with E-state index in [9.17, 15) is 0 Å². The highest BCUT2D eigenvalue weighted by Gasteiger charge is 2.42. The highest BCUT2D eigenvalue weighted by atomic mass is 14.5. The van der Waals surface area contributed by atoms with Gasteiger partial charge in [0.1, 0.15) is 0 Å². The molecule has 0 aromatic heterocycles. The van der Waals surface area contributed by atoms with Gasteiger partial charge in [0.25, 0.3) is 0 Å². The molecule has 2 bridgehead atoms. The van der Waals surface area contributed by atoms with Gasteiger partial charge < -0.3 is 0 Å². The molecule has 0 spiro atoms. The van der Waals surface area contributed by atoms with Gasteiger partial charge in [-0.15, -0.1) is 0 Å². The molecular weight excluding hydrogens is 108 g/mol. The van der Waals surface area contributed by atoms with Crippen LogP contribution in [0.4, 0.5) is 0 Å². The van der Waals surface area contributed by atoms with E-state index in [0.717, 1.165) is 23.7 Å². The van der Waals surface area contributed by atoms with Crippen molar-refractivity contribution in [2.75, 3.05) is 0 Å². The van der Waals surface area contributed by atoms with Gasteiger partial charge in [-0.05, 0) is 42.9 Å². The average molecular weight is 124 g/mol. The lowest BCUT2D eigenvalue weighted by Crippen LogP contribution is -2.15. The summed E-state index contributed by atoms with van der Waals surface area (Å²) in [6.07, 6.45) is 4.63. The summed E-state index contributed by atoms with van der Waals surface area (Å²) in [5, 5.41) is 0. The third kappa shape index (κ3) is 0.653. The highest BCUT2D eigenvalue weighted by Crippen LogP contribution is 2.51. The van der Waals surface area contributed by atoms with E-state index in [4.69, 9.17) is 0 Å². The van der Waals surface area contributed by atoms with E-state index in [0.29, 0.717) is 0 Å². The molecule has 1 unspecified atom stereocenters. The number of hydrogen-bond donors (Lipinski definition) is 0. The van der Waals surface area contributed by atoms with Crippen LogP contribution in [0.25, 0.3) is 0 Å². The molecule has 9 heavy (non-hydrogen) atoms. The molecule has 2 aliphatic rings. The van der Waals surface area contributed by atoms with Gasteiger partial charge in [0.05, 0.1) is 0 Å². The first-order chi connectivity index (χ1) is 4.29. The molecule has 0 amide bonds. The van der Waals surface area contributed by atoms with Gasteiger partial charge in [-0.25, -0.2) is 0 Å². The summed E-state index contributed by atoms with van der Waals surface area (Å²) in [5.74, 6) is 4.32. The molecule has 0 nitrogen and oxygen atoms in total. The third-order valence-electron chi connectivity index (χ3n) is 3.83. The topological polar surface area (TPSA) is 0 Å². The van der Waals surface area contributed by atoms with Gasteiger partial charge >= 0.3 is 0 Å². The average Bonchev–Trinajstić information content (AvgIpc) is 2.37. The Balaban J connectivity index is 2.15. The Morgan fingerprint density at radius 2 is 1.33 bits per heavy atom. The Hall–Kier alpha value is 0. The normalized spacial score (nSPS) is 56.7. The molecule has 0 saturated heterocycles. The Morgan fingerprint density at radius 3 is 1.56 bits per heavy atom. The highest BCUT2D eigenvalue weighted by molar-refractivity contribution is 4.92. The number of rotatable bonds is 0. The number of fused-ring (bicyclic) bond motifs is 2. The van der Waals surface area contributed by atoms with E-state index in [-0.39, 0.29) is 0 Å². The molecule has 0 heterocycles. The van der Waals surface area contributed by atoms with Crippen molar-refractivity contribution in [2.45, 2.75) is 33.1 Å². The second-order valence-corrected chi connectivity index (χ2v) is 4.05. The van der Waals surface area contributed by atoms with Crippen LogP contribution in [0.1, 0.15) is 33.1 Å². The Bertz CT molecular complexity index is 99.2. The molecule has 0 aliphatic heterocycles. The van der Waals surface area contributed by atoms with Crippen molar-refractivity contribution in [3.8, 4) is 0 Å². The second-order valence-electron chi connectivity index (χ2n) is 4.05. The lowest BCUT2D eigenvalue weighted by Gasteiger charge is -2.24. The van der Waals surface area contributed by atoms with Gasteiger partial charge in [-0.2, -0.15) is 0 Å². The van der Waals surface area contributed by atoms with Gasteiger partial charge in [0.15, 0.2) is 0 Å². The molecule has 52 valence electrons. The molecule has 0 heteroatoms. The fourth-order valence-corrected chi connectivity index (χ4v) is 2.87. The van der Waals surface area contributed by atoms with E-state index < -0.39 is 0 Å². The number of hydrogen-bond acceptors (Lipinski definition) is 0. The Kier molecular flexibility index (Phi) is 1.12. The molecule has 0 aromatic rings. The quantitative estimate of drug-likeness (QED) is 0.465. The summed E-state index contributed by atoms with van der Waals surface area (Å²) in [5.41, 5.74) is 0. The zero-order valence-electron chi connectivity index (χ0n) is 6.43. The summed E-state index contributed by atoms with van der Waals surface area (Å²) in [6.45, 7) is 4.88. The van der Waals surface area contributed by atoms with Crippen LogP contribution in [0.15, 0.2) is 0 Å². The van der Waals surface area contributed by atoms with Gasteiger partial charge in [-0.1, -0.05) is 13.8 Å². The van der Waals surface area contributed by atoms with Crippen molar-refractivity contribution in [2.24, 2.45) is 23.7 Å². The van der Waals surface area contributed by atoms with E-state index in [1.807, 2.05) is 0 Å². The Labute approximate surface area is 57.6 Å². The molecule has 4 atom stereocenters. The lowest BCUT2D eigenvalue weighted by atomic mass is 9.82. The summed E-state index contributed by atoms with van der Waals surface area (Å²) < 4.78 is 0. The van der Waals surface area contributed by atoms with Crippen molar-refractivity contribution < 1.29 is 0 Å². The van der Waals surface area contributed by atoms with Crippen molar-refractivity contribution in [3.63, 3.8) is 0 Å². The van der Waals surface area contributed by atoms with Crippen molar-refractivity contribution in [1.82, 2.24) is 0 Å². The fourth-order valence-electron chi connectivity index (χ4n) is 2.87. The summed E-state index contributed by atoms with van der Waals surface area (Å²) >= 11 is 0. The van der Waals surface area contributed by atoms with Gasteiger partial charge in [0.2, 0.25) is 0 Å². The van der Waals surface area contributed by atoms with Crippen LogP contribution >= 0.6 is 0 Å². The molecule has 0 N–H and O–H groups in total. The summed E-state index contributed by atoms with van der Waals surface area (Å²) in [6, 6.07) is 0. The molecule has 0 aromatic carbocycles. The van der Waals surface area contributed by atoms with Crippen LogP contribution < -0.4 is 0 Å². The van der Waals surface area contributed by atoms with E-state index >= 15 is 0 Å². The Morgan fingerprint density at radius 1 is 0.889 bits per heavy atom. The molecule has 2 rings (SSSR count). The van der Waals surface area contributed by atoms with Crippen LogP contribution in [-0.2, 0) is 0 Å². The molecular formula is C9H16. The fraction of sp³-hybridized carbons (Fsp3) is 1.00. The van der Waals surface area contributed by atoms with E-state index in [1.54, 1.807) is 6.42 Å². The molecule has 2 fully saturated rings. The zero-order valence-corrected chi connectivity index (χ0v) is 6.43.